The summed E-state index contributed by atoms with van der Waals surface area (Å²) in [5.41, 5.74) is 1.76. The molecule has 0 radical (unpaired) electrons. The molecule has 0 spiro atoms. The van der Waals surface area contributed by atoms with Crippen molar-refractivity contribution in [3.05, 3.63) is 48.0 Å². The third-order valence-electron chi connectivity index (χ3n) is 3.95. The van der Waals surface area contributed by atoms with Gasteiger partial charge in [0, 0.05) is 19.3 Å². The Morgan fingerprint density at radius 1 is 1.41 bits per heavy atom. The second kappa shape index (κ2) is 6.27. The fourth-order valence-corrected chi connectivity index (χ4v) is 2.95. The molecule has 116 valence electrons. The molecule has 1 aliphatic rings. The van der Waals surface area contributed by atoms with E-state index in [-0.39, 0.29) is 17.8 Å². The first-order chi connectivity index (χ1) is 10.6. The van der Waals surface area contributed by atoms with Crippen molar-refractivity contribution < 1.29 is 9.18 Å². The maximum atomic E-state index is 13.0. The second-order valence-electron chi connectivity index (χ2n) is 5.63. The van der Waals surface area contributed by atoms with Crippen LogP contribution >= 0.6 is 0 Å². The summed E-state index contributed by atoms with van der Waals surface area (Å²) >= 11 is 0. The number of aryl methyl sites for hydroxylation is 1. The largest absolute Gasteiger partial charge is 0.322 e. The summed E-state index contributed by atoms with van der Waals surface area (Å²) < 4.78 is 14.7. The van der Waals surface area contributed by atoms with Crippen molar-refractivity contribution in [2.24, 2.45) is 7.05 Å². The highest BCUT2D eigenvalue weighted by Crippen LogP contribution is 2.31. The smallest absolute Gasteiger partial charge is 0.238 e. The first kappa shape index (κ1) is 14.7. The number of amides is 1. The van der Waals surface area contributed by atoms with Crippen molar-refractivity contribution in [3.8, 4) is 0 Å². The molecule has 2 heterocycles. The minimum Gasteiger partial charge on any atom is -0.322 e. The van der Waals surface area contributed by atoms with Gasteiger partial charge in [0.25, 0.3) is 0 Å². The van der Waals surface area contributed by atoms with Crippen LogP contribution in [0.25, 0.3) is 0 Å². The normalized spacial score (nSPS) is 18.5. The van der Waals surface area contributed by atoms with Crippen LogP contribution in [-0.2, 0) is 11.8 Å². The number of halogens is 1. The molecule has 2 aromatic rings. The van der Waals surface area contributed by atoms with Gasteiger partial charge in [-0.25, -0.2) is 4.39 Å². The molecule has 1 fully saturated rings. The fraction of sp³-hybridized carbons (Fsp3) is 0.375. The maximum Gasteiger partial charge on any atom is 0.238 e. The number of rotatable bonds is 4. The van der Waals surface area contributed by atoms with Gasteiger partial charge in [-0.1, -0.05) is 12.1 Å². The summed E-state index contributed by atoms with van der Waals surface area (Å²) in [6.45, 7) is 1.21. The summed E-state index contributed by atoms with van der Waals surface area (Å²) in [5, 5.41) is 6.87. The molecule has 1 atom stereocenters. The monoisotopic (exact) mass is 302 g/mol. The maximum absolute atomic E-state index is 13.0. The number of nitrogens with one attached hydrogen (secondary N) is 1. The average Bonchev–Trinajstić information content (AvgIpc) is 3.09. The molecule has 1 saturated heterocycles. The SMILES string of the molecule is Cn1cc(NC(=O)CN2CCC[C@H]2c2ccc(F)cc2)cn1. The summed E-state index contributed by atoms with van der Waals surface area (Å²) in [7, 11) is 1.81. The summed E-state index contributed by atoms with van der Waals surface area (Å²) in [6, 6.07) is 6.73. The molecular weight excluding hydrogens is 283 g/mol. The Balaban J connectivity index is 1.63. The first-order valence-corrected chi connectivity index (χ1v) is 7.40. The summed E-state index contributed by atoms with van der Waals surface area (Å²) in [6.07, 6.45) is 5.42. The Hall–Kier alpha value is -2.21. The Labute approximate surface area is 128 Å². The third-order valence-corrected chi connectivity index (χ3v) is 3.95. The number of carbonyl (C=O) groups excluding carboxylic acids is 1. The van der Waals surface area contributed by atoms with E-state index in [0.29, 0.717) is 12.2 Å². The Morgan fingerprint density at radius 3 is 2.86 bits per heavy atom. The molecule has 1 amide bonds. The predicted molar refractivity (Wildman–Crippen MR) is 81.8 cm³/mol. The highest BCUT2D eigenvalue weighted by Gasteiger charge is 2.27. The Morgan fingerprint density at radius 2 is 2.18 bits per heavy atom. The molecule has 0 saturated carbocycles. The van der Waals surface area contributed by atoms with E-state index in [4.69, 9.17) is 0 Å². The first-order valence-electron chi connectivity index (χ1n) is 7.40. The zero-order valence-electron chi connectivity index (χ0n) is 12.5. The van der Waals surface area contributed by atoms with Crippen LogP contribution in [0.4, 0.5) is 10.1 Å². The van der Waals surface area contributed by atoms with Crippen LogP contribution in [-0.4, -0.2) is 33.7 Å². The molecule has 22 heavy (non-hydrogen) atoms. The number of hydrogen-bond donors (Lipinski definition) is 1. The van der Waals surface area contributed by atoms with Crippen molar-refractivity contribution in [1.82, 2.24) is 14.7 Å². The predicted octanol–water partition coefficient (Wildman–Crippen LogP) is 2.33. The molecule has 5 nitrogen and oxygen atoms in total. The van der Waals surface area contributed by atoms with Crippen molar-refractivity contribution in [1.29, 1.82) is 0 Å². The number of aromatic nitrogens is 2. The van der Waals surface area contributed by atoms with Crippen LogP contribution in [0.3, 0.4) is 0 Å². The van der Waals surface area contributed by atoms with Crippen molar-refractivity contribution in [3.63, 3.8) is 0 Å². The highest BCUT2D eigenvalue weighted by molar-refractivity contribution is 5.92. The van der Waals surface area contributed by atoms with Crippen LogP contribution in [0.2, 0.25) is 0 Å². The van der Waals surface area contributed by atoms with Gasteiger partial charge in [-0.15, -0.1) is 0 Å². The van der Waals surface area contributed by atoms with Crippen molar-refractivity contribution in [2.75, 3.05) is 18.4 Å². The summed E-state index contributed by atoms with van der Waals surface area (Å²) in [4.78, 5) is 14.3. The molecule has 1 aliphatic heterocycles. The molecule has 0 bridgehead atoms. The van der Waals surface area contributed by atoms with Gasteiger partial charge < -0.3 is 5.32 Å². The second-order valence-corrected chi connectivity index (χ2v) is 5.63. The van der Waals surface area contributed by atoms with Gasteiger partial charge in [-0.3, -0.25) is 14.4 Å². The Bertz CT molecular complexity index is 652. The van der Waals surface area contributed by atoms with Crippen LogP contribution in [0, 0.1) is 5.82 Å². The van der Waals surface area contributed by atoms with E-state index in [1.165, 1.54) is 12.1 Å². The van der Waals surface area contributed by atoms with Crippen molar-refractivity contribution >= 4 is 11.6 Å². The number of benzene rings is 1. The molecule has 1 aromatic carbocycles. The molecular formula is C16H19FN4O. The van der Waals surface area contributed by atoms with Gasteiger partial charge in [0.15, 0.2) is 0 Å². The van der Waals surface area contributed by atoms with E-state index in [1.54, 1.807) is 36.3 Å². The number of nitrogens with zero attached hydrogens (tertiary/aromatic N) is 3. The van der Waals surface area contributed by atoms with E-state index in [0.717, 1.165) is 24.9 Å². The minimum atomic E-state index is -0.234. The lowest BCUT2D eigenvalue weighted by Gasteiger charge is -2.24. The molecule has 0 unspecified atom stereocenters. The lowest BCUT2D eigenvalue weighted by Crippen LogP contribution is -2.32. The van der Waals surface area contributed by atoms with Gasteiger partial charge >= 0.3 is 0 Å². The van der Waals surface area contributed by atoms with Crippen LogP contribution in [0.1, 0.15) is 24.4 Å². The highest BCUT2D eigenvalue weighted by atomic mass is 19.1. The molecule has 0 aliphatic carbocycles. The standard InChI is InChI=1S/C16H19FN4O/c1-20-10-14(9-18-20)19-16(22)11-21-8-2-3-15(21)12-4-6-13(17)7-5-12/h4-7,9-10,15H,2-3,8,11H2,1H3,(H,19,22)/t15-/m0/s1. The van der Waals surface area contributed by atoms with Gasteiger partial charge in [-0.05, 0) is 37.1 Å². The van der Waals surface area contributed by atoms with E-state index in [1.807, 2.05) is 0 Å². The number of carbonyl (C=O) groups is 1. The number of likely N-dealkylation sites (tertiary alicyclic amines) is 1. The topological polar surface area (TPSA) is 50.2 Å². The zero-order valence-corrected chi connectivity index (χ0v) is 12.5. The molecule has 3 rings (SSSR count). The summed E-state index contributed by atoms with van der Waals surface area (Å²) in [5.74, 6) is -0.287. The average molecular weight is 302 g/mol. The third kappa shape index (κ3) is 3.33. The van der Waals surface area contributed by atoms with Crippen LogP contribution in [0.5, 0.6) is 0 Å². The van der Waals surface area contributed by atoms with E-state index >= 15 is 0 Å². The lowest BCUT2D eigenvalue weighted by atomic mass is 10.0. The zero-order chi connectivity index (χ0) is 15.5. The fourth-order valence-electron chi connectivity index (χ4n) is 2.95. The van der Waals surface area contributed by atoms with Crippen LogP contribution in [0.15, 0.2) is 36.7 Å². The van der Waals surface area contributed by atoms with E-state index in [9.17, 15) is 9.18 Å². The van der Waals surface area contributed by atoms with Gasteiger partial charge in [0.05, 0.1) is 18.4 Å². The lowest BCUT2D eigenvalue weighted by molar-refractivity contribution is -0.117. The van der Waals surface area contributed by atoms with Crippen molar-refractivity contribution in [2.45, 2.75) is 18.9 Å². The Kier molecular flexibility index (Phi) is 4.20. The van der Waals surface area contributed by atoms with Gasteiger partial charge in [-0.2, -0.15) is 5.10 Å². The molecule has 6 heteroatoms. The van der Waals surface area contributed by atoms with Gasteiger partial charge in [0.2, 0.25) is 5.91 Å². The molecule has 1 N–H and O–H groups in total. The van der Waals surface area contributed by atoms with Crippen LogP contribution < -0.4 is 5.32 Å². The minimum absolute atomic E-state index is 0.0537. The van der Waals surface area contributed by atoms with Gasteiger partial charge in [0.1, 0.15) is 5.82 Å². The quantitative estimate of drug-likeness (QED) is 0.943. The van der Waals surface area contributed by atoms with E-state index < -0.39 is 0 Å². The van der Waals surface area contributed by atoms with E-state index in [2.05, 4.69) is 15.3 Å². The number of anilines is 1. The number of hydrogen-bond acceptors (Lipinski definition) is 3. The molecule has 1 aromatic heterocycles.